The summed E-state index contributed by atoms with van der Waals surface area (Å²) in [5, 5.41) is 3.55. The van der Waals surface area contributed by atoms with Gasteiger partial charge < -0.3 is 9.57 Å². The highest BCUT2D eigenvalue weighted by Crippen LogP contribution is 2.09. The van der Waals surface area contributed by atoms with Crippen molar-refractivity contribution in [3.63, 3.8) is 0 Å². The third-order valence-electron chi connectivity index (χ3n) is 1.76. The van der Waals surface area contributed by atoms with Crippen molar-refractivity contribution in [2.75, 3.05) is 6.61 Å². The van der Waals surface area contributed by atoms with Crippen LogP contribution in [0.15, 0.2) is 47.6 Å². The lowest BCUT2D eigenvalue weighted by Gasteiger charge is -2.06. The number of hydrogen-bond acceptors (Lipinski definition) is 4. The number of ether oxygens (including phenoxy) is 1. The highest BCUT2D eigenvalue weighted by molar-refractivity contribution is 5.89. The standard InChI is InChI=1S/C13H15NO3/c1-10(2)14-17-13(15)11(3)9-16-12-7-5-4-6-8-12/h4-8H,3,9H2,1-2H3. The Hall–Kier alpha value is -2.10. The molecule has 0 aliphatic carbocycles. The van der Waals surface area contributed by atoms with Gasteiger partial charge in [-0.25, -0.2) is 4.79 Å². The molecule has 0 amide bonds. The summed E-state index contributed by atoms with van der Waals surface area (Å²) in [6.07, 6.45) is 0. The van der Waals surface area contributed by atoms with E-state index in [9.17, 15) is 4.79 Å². The van der Waals surface area contributed by atoms with Crippen LogP contribution in [0, 0.1) is 0 Å². The molecule has 90 valence electrons. The van der Waals surface area contributed by atoms with E-state index in [0.717, 1.165) is 0 Å². The zero-order valence-corrected chi connectivity index (χ0v) is 9.97. The summed E-state index contributed by atoms with van der Waals surface area (Å²) in [6, 6.07) is 9.18. The van der Waals surface area contributed by atoms with Crippen LogP contribution in [0.4, 0.5) is 0 Å². The minimum Gasteiger partial charge on any atom is -0.489 e. The maximum Gasteiger partial charge on any atom is 0.364 e. The Morgan fingerprint density at radius 3 is 2.53 bits per heavy atom. The zero-order valence-electron chi connectivity index (χ0n) is 9.97. The van der Waals surface area contributed by atoms with Crippen molar-refractivity contribution >= 4 is 11.7 Å². The number of benzene rings is 1. The summed E-state index contributed by atoms with van der Waals surface area (Å²) in [6.45, 7) is 7.13. The van der Waals surface area contributed by atoms with E-state index >= 15 is 0 Å². The van der Waals surface area contributed by atoms with Gasteiger partial charge in [0.25, 0.3) is 0 Å². The fourth-order valence-electron chi connectivity index (χ4n) is 0.943. The first kappa shape index (κ1) is 13.0. The highest BCUT2D eigenvalue weighted by Gasteiger charge is 2.09. The van der Waals surface area contributed by atoms with E-state index in [-0.39, 0.29) is 12.2 Å². The van der Waals surface area contributed by atoms with Gasteiger partial charge in [0.2, 0.25) is 0 Å². The first-order chi connectivity index (χ1) is 8.09. The molecule has 4 heteroatoms. The Balaban J connectivity index is 2.40. The van der Waals surface area contributed by atoms with Gasteiger partial charge in [0.1, 0.15) is 12.4 Å². The van der Waals surface area contributed by atoms with E-state index in [0.29, 0.717) is 11.5 Å². The topological polar surface area (TPSA) is 47.9 Å². The average Bonchev–Trinajstić information content (AvgIpc) is 2.34. The number of rotatable bonds is 5. The first-order valence-electron chi connectivity index (χ1n) is 5.18. The molecule has 0 heterocycles. The highest BCUT2D eigenvalue weighted by atomic mass is 16.7. The van der Waals surface area contributed by atoms with E-state index < -0.39 is 5.97 Å². The van der Waals surface area contributed by atoms with Gasteiger partial charge in [0.15, 0.2) is 0 Å². The second-order valence-electron chi connectivity index (χ2n) is 3.62. The Labute approximate surface area is 101 Å². The molecule has 0 fully saturated rings. The molecule has 0 bridgehead atoms. The van der Waals surface area contributed by atoms with Crippen molar-refractivity contribution in [2.24, 2.45) is 5.16 Å². The van der Waals surface area contributed by atoms with Crippen molar-refractivity contribution in [2.45, 2.75) is 13.8 Å². The molecule has 0 saturated carbocycles. The van der Waals surface area contributed by atoms with Crippen LogP contribution in [0.5, 0.6) is 5.75 Å². The monoisotopic (exact) mass is 233 g/mol. The van der Waals surface area contributed by atoms with Crippen molar-refractivity contribution in [3.8, 4) is 5.75 Å². The number of hydrogen-bond donors (Lipinski definition) is 0. The lowest BCUT2D eigenvalue weighted by atomic mass is 10.3. The summed E-state index contributed by atoms with van der Waals surface area (Å²) in [5.41, 5.74) is 0.883. The maximum atomic E-state index is 11.4. The molecule has 1 aromatic rings. The number of carbonyl (C=O) groups excluding carboxylic acids is 1. The molecule has 0 unspecified atom stereocenters. The molecule has 0 aliphatic heterocycles. The first-order valence-corrected chi connectivity index (χ1v) is 5.18. The van der Waals surface area contributed by atoms with Crippen molar-refractivity contribution in [1.29, 1.82) is 0 Å². The smallest absolute Gasteiger partial charge is 0.364 e. The number of nitrogens with zero attached hydrogens (tertiary/aromatic N) is 1. The van der Waals surface area contributed by atoms with Crippen LogP contribution >= 0.6 is 0 Å². The summed E-state index contributed by atoms with van der Waals surface area (Å²) in [7, 11) is 0. The van der Waals surface area contributed by atoms with Gasteiger partial charge in [-0.15, -0.1) is 0 Å². The lowest BCUT2D eigenvalue weighted by Crippen LogP contribution is -2.11. The van der Waals surface area contributed by atoms with Crippen LogP contribution in [0.2, 0.25) is 0 Å². The Kier molecular flexibility index (Phi) is 4.94. The van der Waals surface area contributed by atoms with Gasteiger partial charge in [-0.1, -0.05) is 29.9 Å². The van der Waals surface area contributed by atoms with Gasteiger partial charge in [0, 0.05) is 0 Å². The predicted octanol–water partition coefficient (Wildman–Crippen LogP) is 2.56. The number of carbonyl (C=O) groups is 1. The van der Waals surface area contributed by atoms with E-state index in [4.69, 9.17) is 4.74 Å². The summed E-state index contributed by atoms with van der Waals surface area (Å²) >= 11 is 0. The normalized spacial score (nSPS) is 9.29. The quantitative estimate of drug-likeness (QED) is 0.340. The lowest BCUT2D eigenvalue weighted by molar-refractivity contribution is -0.139. The molecule has 1 aromatic carbocycles. The third-order valence-corrected chi connectivity index (χ3v) is 1.76. The third kappa shape index (κ3) is 4.97. The van der Waals surface area contributed by atoms with Crippen LogP contribution < -0.4 is 4.74 Å². The molecule has 0 N–H and O–H groups in total. The fraction of sp³-hybridized carbons (Fsp3) is 0.231. The Morgan fingerprint density at radius 1 is 1.29 bits per heavy atom. The number of oxime groups is 1. The second kappa shape index (κ2) is 6.48. The van der Waals surface area contributed by atoms with Crippen molar-refractivity contribution in [3.05, 3.63) is 42.5 Å². The van der Waals surface area contributed by atoms with Gasteiger partial charge in [-0.05, 0) is 26.0 Å². The van der Waals surface area contributed by atoms with Gasteiger partial charge in [0.05, 0.1) is 11.3 Å². The van der Waals surface area contributed by atoms with Crippen molar-refractivity contribution in [1.82, 2.24) is 0 Å². The largest absolute Gasteiger partial charge is 0.489 e. The van der Waals surface area contributed by atoms with E-state index in [1.54, 1.807) is 26.0 Å². The molecule has 0 radical (unpaired) electrons. The second-order valence-corrected chi connectivity index (χ2v) is 3.62. The maximum absolute atomic E-state index is 11.4. The van der Waals surface area contributed by atoms with Crippen LogP contribution in [-0.4, -0.2) is 18.3 Å². The number of para-hydroxylation sites is 1. The molecular weight excluding hydrogens is 218 g/mol. The Bertz CT molecular complexity index is 420. The van der Waals surface area contributed by atoms with Gasteiger partial charge >= 0.3 is 5.97 Å². The molecule has 17 heavy (non-hydrogen) atoms. The van der Waals surface area contributed by atoms with Crippen LogP contribution in [-0.2, 0) is 9.63 Å². The van der Waals surface area contributed by atoms with Crippen LogP contribution in [0.1, 0.15) is 13.8 Å². The van der Waals surface area contributed by atoms with Gasteiger partial charge in [-0.3, -0.25) is 0 Å². The average molecular weight is 233 g/mol. The summed E-state index contributed by atoms with van der Waals surface area (Å²) in [4.78, 5) is 16.0. The zero-order chi connectivity index (χ0) is 12.7. The minimum absolute atomic E-state index is 0.0845. The van der Waals surface area contributed by atoms with Crippen molar-refractivity contribution < 1.29 is 14.4 Å². The molecule has 0 atom stereocenters. The van der Waals surface area contributed by atoms with E-state index in [1.165, 1.54) is 0 Å². The van der Waals surface area contributed by atoms with Gasteiger partial charge in [-0.2, -0.15) is 0 Å². The Morgan fingerprint density at radius 2 is 1.94 bits per heavy atom. The van der Waals surface area contributed by atoms with E-state index in [2.05, 4.69) is 16.6 Å². The van der Waals surface area contributed by atoms with Crippen LogP contribution in [0.25, 0.3) is 0 Å². The van der Waals surface area contributed by atoms with E-state index in [1.807, 2.05) is 18.2 Å². The fourth-order valence-corrected chi connectivity index (χ4v) is 0.943. The predicted molar refractivity (Wildman–Crippen MR) is 66.0 cm³/mol. The molecular formula is C13H15NO3. The molecule has 0 spiro atoms. The SMILES string of the molecule is C=C(COc1ccccc1)C(=O)ON=C(C)C. The molecule has 4 nitrogen and oxygen atoms in total. The molecule has 0 saturated heterocycles. The minimum atomic E-state index is -0.581. The summed E-state index contributed by atoms with van der Waals surface area (Å²) in [5.74, 6) is 0.0961. The van der Waals surface area contributed by atoms with Crippen LogP contribution in [0.3, 0.4) is 0 Å². The summed E-state index contributed by atoms with van der Waals surface area (Å²) < 4.78 is 5.35. The molecule has 0 aromatic heterocycles. The molecule has 1 rings (SSSR count). The molecule has 0 aliphatic rings.